The Kier molecular flexibility index (Phi) is 4.76. The smallest absolute Gasteiger partial charge is 0.242 e. The lowest BCUT2D eigenvalue weighted by molar-refractivity contribution is 0.560. The number of aryl methyl sites for hydroxylation is 1. The molecule has 0 radical (unpaired) electrons. The van der Waals surface area contributed by atoms with Crippen LogP contribution in [0.25, 0.3) is 0 Å². The molecule has 2 aromatic rings. The van der Waals surface area contributed by atoms with E-state index in [9.17, 15) is 12.8 Å². The number of pyridine rings is 1. The second-order valence-corrected chi connectivity index (χ2v) is 7.88. The van der Waals surface area contributed by atoms with Crippen LogP contribution in [0.1, 0.15) is 12.0 Å². The molecule has 8 heteroatoms. The highest BCUT2D eigenvalue weighted by molar-refractivity contribution is 7.89. The summed E-state index contributed by atoms with van der Waals surface area (Å²) in [5.74, 6) is -0.482. The van der Waals surface area contributed by atoms with Crippen LogP contribution >= 0.6 is 11.6 Å². The molecule has 0 amide bonds. The Hall–Kier alpha value is -1.70. The molecular weight excluding hydrogens is 353 g/mol. The van der Waals surface area contributed by atoms with Crippen molar-refractivity contribution < 1.29 is 12.8 Å². The Morgan fingerprint density at radius 2 is 2.17 bits per heavy atom. The zero-order valence-electron chi connectivity index (χ0n) is 13.0. The van der Waals surface area contributed by atoms with Crippen molar-refractivity contribution in [3.8, 4) is 0 Å². The largest absolute Gasteiger partial charge is 0.370 e. The van der Waals surface area contributed by atoms with Crippen LogP contribution in [0.3, 0.4) is 0 Å². The van der Waals surface area contributed by atoms with Gasteiger partial charge < -0.3 is 4.90 Å². The predicted molar refractivity (Wildman–Crippen MR) is 91.3 cm³/mol. The molecule has 128 valence electrons. The molecule has 0 spiro atoms. The molecule has 1 fully saturated rings. The van der Waals surface area contributed by atoms with Gasteiger partial charge in [0.2, 0.25) is 10.0 Å². The molecule has 2 heterocycles. The number of sulfonamides is 1. The van der Waals surface area contributed by atoms with E-state index in [2.05, 4.69) is 9.71 Å². The van der Waals surface area contributed by atoms with E-state index in [-0.39, 0.29) is 16.0 Å². The minimum absolute atomic E-state index is 0.0715. The first-order valence-electron chi connectivity index (χ1n) is 7.50. The minimum atomic E-state index is -3.63. The van der Waals surface area contributed by atoms with Crippen LogP contribution in [0.2, 0.25) is 5.02 Å². The molecule has 0 saturated carbocycles. The topological polar surface area (TPSA) is 62.3 Å². The van der Waals surface area contributed by atoms with Crippen molar-refractivity contribution in [1.29, 1.82) is 0 Å². The van der Waals surface area contributed by atoms with Gasteiger partial charge >= 0.3 is 0 Å². The fourth-order valence-electron chi connectivity index (χ4n) is 2.79. The van der Waals surface area contributed by atoms with Gasteiger partial charge in [-0.3, -0.25) is 4.98 Å². The van der Waals surface area contributed by atoms with Crippen LogP contribution in [-0.2, 0) is 10.0 Å². The van der Waals surface area contributed by atoms with E-state index in [1.807, 2.05) is 4.90 Å². The summed E-state index contributed by atoms with van der Waals surface area (Å²) in [4.78, 5) is 6.00. The molecule has 1 aliphatic heterocycles. The van der Waals surface area contributed by atoms with Gasteiger partial charge in [0.05, 0.1) is 5.02 Å². The van der Waals surface area contributed by atoms with Crippen molar-refractivity contribution in [2.75, 3.05) is 18.0 Å². The highest BCUT2D eigenvalue weighted by Gasteiger charge is 2.28. The maximum absolute atomic E-state index is 13.6. The monoisotopic (exact) mass is 369 g/mol. The van der Waals surface area contributed by atoms with E-state index in [0.29, 0.717) is 30.8 Å². The van der Waals surface area contributed by atoms with E-state index in [4.69, 9.17) is 11.6 Å². The maximum atomic E-state index is 13.6. The third-order valence-electron chi connectivity index (χ3n) is 4.06. The van der Waals surface area contributed by atoms with Crippen LogP contribution in [0, 0.1) is 12.7 Å². The van der Waals surface area contributed by atoms with Crippen molar-refractivity contribution in [2.24, 2.45) is 0 Å². The molecule has 3 rings (SSSR count). The molecule has 1 atom stereocenters. The Morgan fingerprint density at radius 3 is 2.88 bits per heavy atom. The molecule has 1 aromatic heterocycles. The summed E-state index contributed by atoms with van der Waals surface area (Å²) in [6.45, 7) is 2.84. The van der Waals surface area contributed by atoms with Gasteiger partial charge in [0.25, 0.3) is 0 Å². The van der Waals surface area contributed by atoms with Crippen LogP contribution < -0.4 is 9.62 Å². The highest BCUT2D eigenvalue weighted by Crippen LogP contribution is 2.25. The Morgan fingerprint density at radius 1 is 1.38 bits per heavy atom. The molecular formula is C16H17ClFN3O2S. The number of halogens is 2. The fraction of sp³-hybridized carbons (Fsp3) is 0.312. The van der Waals surface area contributed by atoms with Crippen molar-refractivity contribution in [3.05, 3.63) is 53.1 Å². The van der Waals surface area contributed by atoms with Crippen LogP contribution in [0.15, 0.2) is 41.6 Å². The normalized spacial score (nSPS) is 18.1. The third kappa shape index (κ3) is 3.53. The molecule has 24 heavy (non-hydrogen) atoms. The van der Waals surface area contributed by atoms with Crippen LogP contribution in [0.5, 0.6) is 0 Å². The second kappa shape index (κ2) is 6.66. The molecule has 1 aliphatic rings. The first-order chi connectivity index (χ1) is 11.4. The number of aromatic nitrogens is 1. The summed E-state index contributed by atoms with van der Waals surface area (Å²) in [7, 11) is -3.63. The SMILES string of the molecule is Cc1ccncc1S(=O)(=O)NC1CCN(c2ccc(Cl)c(F)c2)C1. The van der Waals surface area contributed by atoms with Crippen molar-refractivity contribution in [3.63, 3.8) is 0 Å². The zero-order chi connectivity index (χ0) is 17.3. The van der Waals surface area contributed by atoms with Crippen LogP contribution in [-0.4, -0.2) is 32.5 Å². The van der Waals surface area contributed by atoms with Gasteiger partial charge in [-0.2, -0.15) is 0 Å². The average Bonchev–Trinajstić information content (AvgIpc) is 2.98. The Labute approximate surface area is 145 Å². The van der Waals surface area contributed by atoms with Crippen LogP contribution in [0.4, 0.5) is 10.1 Å². The summed E-state index contributed by atoms with van der Waals surface area (Å²) in [6, 6.07) is 6.01. The number of rotatable bonds is 4. The summed E-state index contributed by atoms with van der Waals surface area (Å²) in [6.07, 6.45) is 3.54. The van der Waals surface area contributed by atoms with E-state index in [1.54, 1.807) is 25.3 Å². The highest BCUT2D eigenvalue weighted by atomic mass is 35.5. The molecule has 0 bridgehead atoms. The molecule has 5 nitrogen and oxygen atoms in total. The number of hydrogen-bond acceptors (Lipinski definition) is 4. The lowest BCUT2D eigenvalue weighted by Gasteiger charge is -2.19. The van der Waals surface area contributed by atoms with Gasteiger partial charge in [0.1, 0.15) is 10.7 Å². The average molecular weight is 370 g/mol. The van der Waals surface area contributed by atoms with Gasteiger partial charge in [0.15, 0.2) is 0 Å². The lowest BCUT2D eigenvalue weighted by atomic mass is 10.3. The molecule has 1 aromatic carbocycles. The number of hydrogen-bond donors (Lipinski definition) is 1. The van der Waals surface area contributed by atoms with E-state index >= 15 is 0 Å². The van der Waals surface area contributed by atoms with Gasteiger partial charge in [-0.15, -0.1) is 0 Å². The third-order valence-corrected chi connectivity index (χ3v) is 6.02. The van der Waals surface area contributed by atoms with Gasteiger partial charge in [-0.05, 0) is 43.2 Å². The molecule has 1 unspecified atom stereocenters. The zero-order valence-corrected chi connectivity index (χ0v) is 14.6. The molecule has 0 aliphatic carbocycles. The summed E-state index contributed by atoms with van der Waals surface area (Å²) in [5, 5.41) is 0.0715. The standard InChI is InChI=1S/C16H17ClFN3O2S/c1-11-4-6-19-9-16(11)24(22,23)20-12-5-7-21(10-12)13-2-3-14(17)15(18)8-13/h2-4,6,8-9,12,20H,5,7,10H2,1H3. The fourth-order valence-corrected chi connectivity index (χ4v) is 4.35. The summed E-state index contributed by atoms with van der Waals surface area (Å²) >= 11 is 5.69. The number of nitrogens with zero attached hydrogens (tertiary/aromatic N) is 2. The lowest BCUT2D eigenvalue weighted by Crippen LogP contribution is -2.37. The number of nitrogens with one attached hydrogen (secondary N) is 1. The Balaban J connectivity index is 1.72. The van der Waals surface area contributed by atoms with Crippen molar-refractivity contribution in [1.82, 2.24) is 9.71 Å². The van der Waals surface area contributed by atoms with Crippen molar-refractivity contribution in [2.45, 2.75) is 24.3 Å². The molecule has 1 N–H and O–H groups in total. The van der Waals surface area contributed by atoms with Gasteiger partial charge in [0, 0.05) is 37.2 Å². The van der Waals surface area contributed by atoms with Crippen molar-refractivity contribution >= 4 is 27.3 Å². The molecule has 1 saturated heterocycles. The second-order valence-electron chi connectivity index (χ2n) is 5.79. The first-order valence-corrected chi connectivity index (χ1v) is 9.36. The number of benzene rings is 1. The van der Waals surface area contributed by atoms with Gasteiger partial charge in [-0.1, -0.05) is 11.6 Å². The van der Waals surface area contributed by atoms with E-state index in [1.165, 1.54) is 18.3 Å². The maximum Gasteiger partial charge on any atom is 0.242 e. The Bertz CT molecular complexity index is 860. The first kappa shape index (κ1) is 17.1. The summed E-state index contributed by atoms with van der Waals surface area (Å²) in [5.41, 5.74) is 1.34. The quantitative estimate of drug-likeness (QED) is 0.900. The summed E-state index contributed by atoms with van der Waals surface area (Å²) < 4.78 is 41.3. The predicted octanol–water partition coefficient (Wildman–Crippen LogP) is 2.74. The number of anilines is 1. The van der Waals surface area contributed by atoms with Gasteiger partial charge in [-0.25, -0.2) is 17.5 Å². The minimum Gasteiger partial charge on any atom is -0.370 e. The van der Waals surface area contributed by atoms with E-state index < -0.39 is 15.8 Å². The van der Waals surface area contributed by atoms with E-state index in [0.717, 1.165) is 0 Å².